The maximum Gasteiger partial charge on any atom is 0.338 e. The van der Waals surface area contributed by atoms with E-state index in [0.29, 0.717) is 16.2 Å². The number of nitro groups is 1. The summed E-state index contributed by atoms with van der Waals surface area (Å²) >= 11 is 1.20. The van der Waals surface area contributed by atoms with Crippen molar-refractivity contribution in [2.24, 2.45) is 0 Å². The zero-order chi connectivity index (χ0) is 18.4. The quantitative estimate of drug-likeness (QED) is 0.245. The van der Waals surface area contributed by atoms with Gasteiger partial charge in [0.05, 0.1) is 22.5 Å². The van der Waals surface area contributed by atoms with Gasteiger partial charge < -0.3 is 9.47 Å². The molecule has 0 unspecified atom stereocenters. The van der Waals surface area contributed by atoms with Crippen LogP contribution in [0, 0.1) is 10.1 Å². The Balaban J connectivity index is 2.05. The first kappa shape index (κ1) is 18.5. The lowest BCUT2D eigenvalue weighted by Crippen LogP contribution is -2.14. The molecule has 2 aromatic carbocycles. The Hall–Kier alpha value is -2.87. The standard InChI is InChI=1S/C17H15NO6S/c1-23-13-6-3-11(4-7-13)15(19)10-24-17(20)12-5-8-16(25-2)14(9-12)18(21)22/h3-9H,10H2,1-2H3. The summed E-state index contributed by atoms with van der Waals surface area (Å²) in [5, 5.41) is 11.0. The molecule has 0 aliphatic heterocycles. The van der Waals surface area contributed by atoms with Gasteiger partial charge in [-0.05, 0) is 42.7 Å². The van der Waals surface area contributed by atoms with Crippen molar-refractivity contribution >= 4 is 29.2 Å². The van der Waals surface area contributed by atoms with Gasteiger partial charge in [-0.3, -0.25) is 14.9 Å². The van der Waals surface area contributed by atoms with Crippen LogP contribution in [0.4, 0.5) is 5.69 Å². The van der Waals surface area contributed by atoms with Gasteiger partial charge in [-0.1, -0.05) is 0 Å². The van der Waals surface area contributed by atoms with E-state index in [1.165, 1.54) is 31.0 Å². The molecule has 0 spiro atoms. The third-order valence-electron chi connectivity index (χ3n) is 3.36. The molecule has 8 heteroatoms. The van der Waals surface area contributed by atoms with Gasteiger partial charge in [0.25, 0.3) is 5.69 Å². The Bertz CT molecular complexity index is 803. The highest BCUT2D eigenvalue weighted by molar-refractivity contribution is 7.98. The van der Waals surface area contributed by atoms with Gasteiger partial charge in [-0.25, -0.2) is 4.79 Å². The summed E-state index contributed by atoms with van der Waals surface area (Å²) in [6, 6.07) is 10.4. The molecule has 0 saturated carbocycles. The van der Waals surface area contributed by atoms with Crippen molar-refractivity contribution in [3.63, 3.8) is 0 Å². The SMILES string of the molecule is COc1ccc(C(=O)COC(=O)c2ccc(SC)c([N+](=O)[O-])c2)cc1. The summed E-state index contributed by atoms with van der Waals surface area (Å²) < 4.78 is 9.96. The highest BCUT2D eigenvalue weighted by Crippen LogP contribution is 2.28. The first-order chi connectivity index (χ1) is 12.0. The molecule has 25 heavy (non-hydrogen) atoms. The van der Waals surface area contributed by atoms with E-state index in [-0.39, 0.29) is 17.0 Å². The lowest BCUT2D eigenvalue weighted by atomic mass is 10.1. The molecule has 0 aliphatic rings. The third kappa shape index (κ3) is 4.57. The first-order valence-electron chi connectivity index (χ1n) is 7.13. The largest absolute Gasteiger partial charge is 0.497 e. The number of thioether (sulfide) groups is 1. The maximum absolute atomic E-state index is 12.0. The monoisotopic (exact) mass is 361 g/mol. The minimum atomic E-state index is -0.794. The Morgan fingerprint density at radius 1 is 1.12 bits per heavy atom. The maximum atomic E-state index is 12.0. The normalized spacial score (nSPS) is 10.2. The molecule has 2 rings (SSSR count). The number of Topliss-reactive ketones (excluding diaryl/α,β-unsaturated/α-hetero) is 1. The number of esters is 1. The van der Waals surface area contributed by atoms with E-state index in [0.717, 1.165) is 6.07 Å². The number of hydrogen-bond donors (Lipinski definition) is 0. The van der Waals surface area contributed by atoms with Crippen LogP contribution in [-0.4, -0.2) is 36.6 Å². The fraction of sp³-hybridized carbons (Fsp3) is 0.176. The molecule has 0 heterocycles. The highest BCUT2D eigenvalue weighted by Gasteiger charge is 2.18. The average Bonchev–Trinajstić information content (AvgIpc) is 2.65. The van der Waals surface area contributed by atoms with E-state index in [1.54, 1.807) is 30.5 Å². The van der Waals surface area contributed by atoms with Crippen molar-refractivity contribution in [2.75, 3.05) is 20.0 Å². The molecule has 2 aromatic rings. The lowest BCUT2D eigenvalue weighted by Gasteiger charge is -2.06. The third-order valence-corrected chi connectivity index (χ3v) is 4.14. The van der Waals surface area contributed by atoms with Crippen molar-refractivity contribution in [2.45, 2.75) is 4.90 Å². The van der Waals surface area contributed by atoms with Crippen LogP contribution in [0.5, 0.6) is 5.75 Å². The van der Waals surface area contributed by atoms with Crippen LogP contribution in [0.1, 0.15) is 20.7 Å². The van der Waals surface area contributed by atoms with Gasteiger partial charge in [-0.2, -0.15) is 0 Å². The van der Waals surface area contributed by atoms with Crippen molar-refractivity contribution < 1.29 is 24.0 Å². The minimum Gasteiger partial charge on any atom is -0.497 e. The van der Waals surface area contributed by atoms with Crippen LogP contribution >= 0.6 is 11.8 Å². The van der Waals surface area contributed by atoms with E-state index in [1.807, 2.05) is 0 Å². The molecule has 0 radical (unpaired) electrons. The van der Waals surface area contributed by atoms with E-state index < -0.39 is 17.5 Å². The Morgan fingerprint density at radius 2 is 1.76 bits per heavy atom. The van der Waals surface area contributed by atoms with Gasteiger partial charge in [0, 0.05) is 11.6 Å². The predicted octanol–water partition coefficient (Wildman–Crippen LogP) is 3.37. The second-order valence-electron chi connectivity index (χ2n) is 4.87. The molecule has 7 nitrogen and oxygen atoms in total. The van der Waals surface area contributed by atoms with Crippen LogP contribution in [0.2, 0.25) is 0 Å². The number of rotatable bonds is 7. The number of ether oxygens (including phenoxy) is 2. The number of nitro benzene ring substituents is 1. The van der Waals surface area contributed by atoms with E-state index in [4.69, 9.17) is 9.47 Å². The van der Waals surface area contributed by atoms with Crippen molar-refractivity contribution in [1.82, 2.24) is 0 Å². The average molecular weight is 361 g/mol. The Kier molecular flexibility index (Phi) is 6.13. The summed E-state index contributed by atoms with van der Waals surface area (Å²) in [6.45, 7) is -0.455. The molecule has 0 atom stereocenters. The molecule has 0 aromatic heterocycles. The number of methoxy groups -OCH3 is 1. The van der Waals surface area contributed by atoms with Gasteiger partial charge in [0.1, 0.15) is 5.75 Å². The molecule has 0 N–H and O–H groups in total. The summed E-state index contributed by atoms with van der Waals surface area (Å²) in [5.41, 5.74) is 0.216. The molecule has 0 aliphatic carbocycles. The molecule has 0 saturated heterocycles. The second kappa shape index (κ2) is 8.29. The summed E-state index contributed by atoms with van der Waals surface area (Å²) in [6.07, 6.45) is 1.70. The van der Waals surface area contributed by atoms with Gasteiger partial charge in [-0.15, -0.1) is 11.8 Å². The first-order valence-corrected chi connectivity index (χ1v) is 8.35. The smallest absolute Gasteiger partial charge is 0.338 e. The summed E-state index contributed by atoms with van der Waals surface area (Å²) in [4.78, 5) is 35.0. The van der Waals surface area contributed by atoms with Crippen LogP contribution in [0.25, 0.3) is 0 Å². The van der Waals surface area contributed by atoms with E-state index in [9.17, 15) is 19.7 Å². The number of hydrogen-bond acceptors (Lipinski definition) is 7. The van der Waals surface area contributed by atoms with Crippen LogP contribution < -0.4 is 4.74 Å². The highest BCUT2D eigenvalue weighted by atomic mass is 32.2. The van der Waals surface area contributed by atoms with Crippen LogP contribution in [0.15, 0.2) is 47.4 Å². The molecule has 0 amide bonds. The molecular formula is C17H15NO6S. The topological polar surface area (TPSA) is 95.7 Å². The number of carbonyl (C=O) groups excluding carboxylic acids is 2. The summed E-state index contributed by atoms with van der Waals surface area (Å²) in [7, 11) is 1.51. The molecular weight excluding hydrogens is 346 g/mol. The fourth-order valence-corrected chi connectivity index (χ4v) is 2.58. The van der Waals surface area contributed by atoms with E-state index in [2.05, 4.69) is 0 Å². The van der Waals surface area contributed by atoms with Crippen LogP contribution in [0.3, 0.4) is 0 Å². The van der Waals surface area contributed by atoms with Gasteiger partial charge in [0.2, 0.25) is 0 Å². The zero-order valence-corrected chi connectivity index (χ0v) is 14.4. The number of carbonyl (C=O) groups is 2. The fourth-order valence-electron chi connectivity index (χ4n) is 2.03. The lowest BCUT2D eigenvalue weighted by molar-refractivity contribution is -0.387. The van der Waals surface area contributed by atoms with Crippen molar-refractivity contribution in [3.05, 3.63) is 63.7 Å². The Morgan fingerprint density at radius 3 is 2.32 bits per heavy atom. The van der Waals surface area contributed by atoms with Crippen LogP contribution in [-0.2, 0) is 4.74 Å². The number of nitrogens with zero attached hydrogens (tertiary/aromatic N) is 1. The van der Waals surface area contributed by atoms with E-state index >= 15 is 0 Å². The van der Waals surface area contributed by atoms with Crippen molar-refractivity contribution in [1.29, 1.82) is 0 Å². The van der Waals surface area contributed by atoms with Crippen molar-refractivity contribution in [3.8, 4) is 5.75 Å². The second-order valence-corrected chi connectivity index (χ2v) is 5.72. The molecule has 130 valence electrons. The predicted molar refractivity (Wildman–Crippen MR) is 92.5 cm³/mol. The molecule has 0 bridgehead atoms. The summed E-state index contributed by atoms with van der Waals surface area (Å²) in [5.74, 6) is -0.571. The van der Waals surface area contributed by atoms with Gasteiger partial charge in [0.15, 0.2) is 12.4 Å². The molecule has 0 fully saturated rings. The Labute approximate surface area is 148 Å². The number of benzene rings is 2. The minimum absolute atomic E-state index is 0.0204. The van der Waals surface area contributed by atoms with Gasteiger partial charge >= 0.3 is 5.97 Å². The zero-order valence-electron chi connectivity index (χ0n) is 13.6. The number of ketones is 1.